The van der Waals surface area contributed by atoms with Crippen LogP contribution in [0.3, 0.4) is 0 Å². The molecule has 0 aliphatic carbocycles. The Morgan fingerprint density at radius 3 is 3.12 bits per heavy atom. The van der Waals surface area contributed by atoms with Gasteiger partial charge in [-0.2, -0.15) is 4.98 Å². The minimum atomic E-state index is -0.161. The van der Waals surface area contributed by atoms with Crippen molar-refractivity contribution in [1.29, 1.82) is 0 Å². The zero-order valence-corrected chi connectivity index (χ0v) is 15.2. The van der Waals surface area contributed by atoms with Crippen LogP contribution < -0.4 is 5.32 Å². The fraction of sp³-hybridized carbons (Fsp3) is 0.412. The lowest BCUT2D eigenvalue weighted by Gasteiger charge is -2.22. The molecule has 0 aromatic carbocycles. The summed E-state index contributed by atoms with van der Waals surface area (Å²) in [4.78, 5) is 19.8. The topological polar surface area (TPSA) is 97.3 Å². The number of nitrogens with zero attached hydrogens (tertiary/aromatic N) is 4. The van der Waals surface area contributed by atoms with Crippen LogP contribution in [-0.2, 0) is 13.0 Å². The predicted octanol–water partition coefficient (Wildman–Crippen LogP) is 3.07. The van der Waals surface area contributed by atoms with Gasteiger partial charge in [-0.25, -0.2) is 4.79 Å². The number of hydrogen-bond donors (Lipinski definition) is 1. The molecule has 3 aromatic heterocycles. The molecule has 2 amide bonds. The Balaban J connectivity index is 1.34. The van der Waals surface area contributed by atoms with Crippen LogP contribution in [-0.4, -0.2) is 32.8 Å². The number of rotatable bonds is 5. The van der Waals surface area contributed by atoms with Gasteiger partial charge in [0, 0.05) is 23.9 Å². The van der Waals surface area contributed by atoms with Gasteiger partial charge in [-0.3, -0.25) is 0 Å². The molecule has 0 radical (unpaired) electrons. The first-order valence-electron chi connectivity index (χ1n) is 8.50. The van der Waals surface area contributed by atoms with Crippen LogP contribution in [0, 0.1) is 6.92 Å². The number of likely N-dealkylation sites (tertiary alicyclic amines) is 1. The standard InChI is InChI=1S/C17H19N5O3S/c1-11-8-13(20-24-11)14-5-2-6-22(14)17(23)18-10-16-19-15(21-25-16)9-12-4-3-7-26-12/h3-4,7-8,14H,2,5-6,9-10H2,1H3,(H,18,23)/t14-/m0/s1. The Kier molecular flexibility index (Phi) is 4.70. The van der Waals surface area contributed by atoms with Crippen molar-refractivity contribution in [3.8, 4) is 0 Å². The number of nitrogens with one attached hydrogen (secondary N) is 1. The van der Waals surface area contributed by atoms with E-state index in [9.17, 15) is 4.79 Å². The fourth-order valence-electron chi connectivity index (χ4n) is 3.12. The van der Waals surface area contributed by atoms with Gasteiger partial charge >= 0.3 is 6.03 Å². The molecule has 8 nitrogen and oxygen atoms in total. The van der Waals surface area contributed by atoms with Crippen LogP contribution in [0.1, 0.15) is 46.9 Å². The second-order valence-corrected chi connectivity index (χ2v) is 7.27. The van der Waals surface area contributed by atoms with E-state index in [-0.39, 0.29) is 18.6 Å². The average molecular weight is 373 g/mol. The molecule has 0 bridgehead atoms. The third-order valence-corrected chi connectivity index (χ3v) is 5.19. The molecule has 1 aliphatic heterocycles. The molecule has 0 saturated carbocycles. The van der Waals surface area contributed by atoms with Gasteiger partial charge < -0.3 is 19.3 Å². The minimum absolute atomic E-state index is 0.0514. The van der Waals surface area contributed by atoms with Crippen molar-refractivity contribution in [3.63, 3.8) is 0 Å². The lowest BCUT2D eigenvalue weighted by molar-refractivity contribution is 0.188. The number of aromatic nitrogens is 3. The molecule has 136 valence electrons. The Labute approximate surface area is 154 Å². The van der Waals surface area contributed by atoms with E-state index in [1.165, 1.54) is 4.88 Å². The molecule has 0 unspecified atom stereocenters. The largest absolute Gasteiger partial charge is 0.361 e. The van der Waals surface area contributed by atoms with E-state index in [0.717, 1.165) is 24.3 Å². The van der Waals surface area contributed by atoms with Crippen molar-refractivity contribution in [2.45, 2.75) is 38.8 Å². The van der Waals surface area contributed by atoms with Crippen LogP contribution in [0.15, 0.2) is 32.6 Å². The lowest BCUT2D eigenvalue weighted by Crippen LogP contribution is -2.39. The van der Waals surface area contributed by atoms with Gasteiger partial charge in [-0.1, -0.05) is 16.4 Å². The average Bonchev–Trinajstić information content (AvgIpc) is 3.41. The molecule has 3 aromatic rings. The Morgan fingerprint density at radius 1 is 1.42 bits per heavy atom. The third-order valence-electron chi connectivity index (χ3n) is 4.31. The molecule has 1 saturated heterocycles. The third kappa shape index (κ3) is 3.62. The van der Waals surface area contributed by atoms with Crippen molar-refractivity contribution in [3.05, 3.63) is 51.6 Å². The van der Waals surface area contributed by atoms with E-state index < -0.39 is 0 Å². The second kappa shape index (κ2) is 7.28. The maximum Gasteiger partial charge on any atom is 0.318 e. The van der Waals surface area contributed by atoms with E-state index in [4.69, 9.17) is 9.05 Å². The molecule has 1 aliphatic rings. The molecule has 0 spiro atoms. The van der Waals surface area contributed by atoms with E-state index in [1.807, 2.05) is 30.5 Å². The Bertz CT molecular complexity index is 873. The predicted molar refractivity (Wildman–Crippen MR) is 93.6 cm³/mol. The van der Waals surface area contributed by atoms with Crippen molar-refractivity contribution >= 4 is 17.4 Å². The van der Waals surface area contributed by atoms with E-state index in [2.05, 4.69) is 20.6 Å². The molecule has 1 fully saturated rings. The van der Waals surface area contributed by atoms with Crippen molar-refractivity contribution in [2.75, 3.05) is 6.54 Å². The maximum absolute atomic E-state index is 12.5. The van der Waals surface area contributed by atoms with E-state index in [0.29, 0.717) is 24.7 Å². The van der Waals surface area contributed by atoms with Gasteiger partial charge in [0.1, 0.15) is 11.5 Å². The highest BCUT2D eigenvalue weighted by molar-refractivity contribution is 7.09. The number of hydrogen-bond acceptors (Lipinski definition) is 7. The highest BCUT2D eigenvalue weighted by atomic mass is 32.1. The summed E-state index contributed by atoms with van der Waals surface area (Å²) >= 11 is 1.65. The normalized spacial score (nSPS) is 17.0. The smallest absolute Gasteiger partial charge is 0.318 e. The van der Waals surface area contributed by atoms with Gasteiger partial charge in [-0.05, 0) is 31.2 Å². The fourth-order valence-corrected chi connectivity index (χ4v) is 3.82. The maximum atomic E-state index is 12.5. The van der Waals surface area contributed by atoms with Gasteiger partial charge in [-0.15, -0.1) is 11.3 Å². The van der Waals surface area contributed by atoms with Crippen molar-refractivity contribution < 1.29 is 13.8 Å². The summed E-state index contributed by atoms with van der Waals surface area (Å²) in [6.07, 6.45) is 2.45. The molecular formula is C17H19N5O3S. The zero-order chi connectivity index (χ0) is 17.9. The monoisotopic (exact) mass is 373 g/mol. The van der Waals surface area contributed by atoms with Crippen molar-refractivity contribution in [1.82, 2.24) is 25.5 Å². The van der Waals surface area contributed by atoms with Crippen LogP contribution in [0.4, 0.5) is 4.79 Å². The molecular weight excluding hydrogens is 354 g/mol. The zero-order valence-electron chi connectivity index (χ0n) is 14.3. The van der Waals surface area contributed by atoms with Gasteiger partial charge in [0.15, 0.2) is 5.82 Å². The van der Waals surface area contributed by atoms with Crippen LogP contribution in [0.5, 0.6) is 0 Å². The molecule has 4 rings (SSSR count). The SMILES string of the molecule is Cc1cc([C@@H]2CCCN2C(=O)NCc2nc(Cc3cccs3)no2)no1. The number of urea groups is 1. The highest BCUT2D eigenvalue weighted by Gasteiger charge is 2.32. The summed E-state index contributed by atoms with van der Waals surface area (Å²) in [7, 11) is 0. The van der Waals surface area contributed by atoms with Crippen LogP contribution in [0.25, 0.3) is 0 Å². The molecule has 9 heteroatoms. The minimum Gasteiger partial charge on any atom is -0.361 e. The number of carbonyl (C=O) groups is 1. The lowest BCUT2D eigenvalue weighted by atomic mass is 10.1. The summed E-state index contributed by atoms with van der Waals surface area (Å²) in [6, 6.07) is 5.69. The molecule has 1 atom stereocenters. The molecule has 4 heterocycles. The number of aryl methyl sites for hydroxylation is 1. The first kappa shape index (κ1) is 16.8. The molecule has 1 N–H and O–H groups in total. The van der Waals surface area contributed by atoms with Crippen molar-refractivity contribution in [2.24, 2.45) is 0 Å². The summed E-state index contributed by atoms with van der Waals surface area (Å²) in [5.41, 5.74) is 0.797. The second-order valence-electron chi connectivity index (χ2n) is 6.23. The first-order valence-corrected chi connectivity index (χ1v) is 9.38. The van der Waals surface area contributed by atoms with Gasteiger partial charge in [0.25, 0.3) is 0 Å². The van der Waals surface area contributed by atoms with Gasteiger partial charge in [0.05, 0.1) is 12.6 Å². The number of carbonyl (C=O) groups excluding carboxylic acids is 1. The Hall–Kier alpha value is -2.68. The van der Waals surface area contributed by atoms with E-state index >= 15 is 0 Å². The summed E-state index contributed by atoms with van der Waals surface area (Å²) in [6.45, 7) is 2.74. The van der Waals surface area contributed by atoms with Gasteiger partial charge in [0.2, 0.25) is 5.89 Å². The number of amides is 2. The Morgan fingerprint density at radius 2 is 2.35 bits per heavy atom. The summed E-state index contributed by atoms with van der Waals surface area (Å²) in [5, 5.41) is 12.9. The highest BCUT2D eigenvalue weighted by Crippen LogP contribution is 2.31. The van der Waals surface area contributed by atoms with E-state index in [1.54, 1.807) is 16.2 Å². The molecule has 26 heavy (non-hydrogen) atoms. The number of thiophene rings is 1. The first-order chi connectivity index (χ1) is 12.7. The van der Waals surface area contributed by atoms with Crippen LogP contribution >= 0.6 is 11.3 Å². The van der Waals surface area contributed by atoms with Crippen LogP contribution in [0.2, 0.25) is 0 Å². The summed E-state index contributed by atoms with van der Waals surface area (Å²) in [5.74, 6) is 1.77. The summed E-state index contributed by atoms with van der Waals surface area (Å²) < 4.78 is 10.4. The quantitative estimate of drug-likeness (QED) is 0.738.